The average molecular weight is 477 g/mol. The quantitative estimate of drug-likeness (QED) is 0.355. The highest BCUT2D eigenvalue weighted by molar-refractivity contribution is 5.86. The second-order valence-corrected chi connectivity index (χ2v) is 10.5. The summed E-state index contributed by atoms with van der Waals surface area (Å²) in [5, 5.41) is 27.0. The second kappa shape index (κ2) is 7.00. The van der Waals surface area contributed by atoms with Crippen LogP contribution in [0.15, 0.2) is 83.9 Å². The third-order valence-electron chi connectivity index (χ3n) is 8.69. The van der Waals surface area contributed by atoms with Gasteiger partial charge in [0.25, 0.3) is 0 Å². The minimum atomic E-state index is -1.29. The van der Waals surface area contributed by atoms with Gasteiger partial charge in [-0.1, -0.05) is 48.5 Å². The van der Waals surface area contributed by atoms with Crippen molar-refractivity contribution in [3.63, 3.8) is 0 Å². The number of hydrogen-bond acceptors (Lipinski definition) is 4. The van der Waals surface area contributed by atoms with E-state index in [1.165, 1.54) is 0 Å². The normalized spacial score (nSPS) is 27.3. The zero-order valence-electron chi connectivity index (χ0n) is 20.8. The van der Waals surface area contributed by atoms with Crippen molar-refractivity contribution >= 4 is 10.8 Å². The Labute approximate surface area is 210 Å². The maximum atomic E-state index is 12.4. The molecule has 4 aliphatic rings. The Bertz CT molecular complexity index is 1510. The van der Waals surface area contributed by atoms with Gasteiger partial charge in [0.2, 0.25) is 0 Å². The van der Waals surface area contributed by atoms with Gasteiger partial charge in [-0.25, -0.2) is 0 Å². The van der Waals surface area contributed by atoms with Crippen molar-refractivity contribution in [3.05, 3.63) is 117 Å². The van der Waals surface area contributed by atoms with E-state index in [-0.39, 0.29) is 11.8 Å². The van der Waals surface area contributed by atoms with E-state index in [9.17, 15) is 10.2 Å². The monoisotopic (exact) mass is 476 g/mol. The van der Waals surface area contributed by atoms with Crippen LogP contribution in [0.3, 0.4) is 0 Å². The molecule has 4 atom stereocenters. The molecule has 4 aromatic rings. The van der Waals surface area contributed by atoms with Crippen LogP contribution in [0.2, 0.25) is 0 Å². The maximum absolute atomic E-state index is 12.4. The van der Waals surface area contributed by atoms with Crippen molar-refractivity contribution in [2.24, 2.45) is 0 Å². The van der Waals surface area contributed by atoms with Crippen molar-refractivity contribution in [3.8, 4) is 11.5 Å². The van der Waals surface area contributed by atoms with Crippen molar-refractivity contribution in [2.75, 3.05) is 14.2 Å². The summed E-state index contributed by atoms with van der Waals surface area (Å²) in [4.78, 5) is 0. The lowest BCUT2D eigenvalue weighted by atomic mass is 9.51. The smallest absolute Gasteiger partial charge is 0.123 e. The predicted octanol–water partition coefficient (Wildman–Crippen LogP) is 5.87. The summed E-state index contributed by atoms with van der Waals surface area (Å²) in [6.07, 6.45) is 0. The van der Waals surface area contributed by atoms with Crippen LogP contribution in [-0.2, 0) is 11.2 Å². The van der Waals surface area contributed by atoms with Crippen LogP contribution < -0.4 is 9.47 Å². The van der Waals surface area contributed by atoms with Gasteiger partial charge in [-0.2, -0.15) is 0 Å². The van der Waals surface area contributed by atoms with Gasteiger partial charge < -0.3 is 19.7 Å². The van der Waals surface area contributed by atoms with Crippen molar-refractivity contribution in [1.82, 2.24) is 0 Å². The topological polar surface area (TPSA) is 58.9 Å². The molecule has 4 heteroatoms. The molecular weight excluding hydrogens is 448 g/mol. The van der Waals surface area contributed by atoms with Crippen LogP contribution in [0, 0.1) is 0 Å². The number of rotatable bonds is 2. The molecule has 180 valence electrons. The van der Waals surface area contributed by atoms with Crippen LogP contribution in [0.4, 0.5) is 0 Å². The molecule has 4 unspecified atom stereocenters. The fourth-order valence-corrected chi connectivity index (χ4v) is 7.23. The lowest BCUT2D eigenvalue weighted by molar-refractivity contribution is 0.0363. The summed E-state index contributed by atoms with van der Waals surface area (Å²) in [5.74, 6) is 0.980. The number of aliphatic hydroxyl groups is 2. The lowest BCUT2D eigenvalue weighted by Crippen LogP contribution is -2.48. The molecule has 0 heterocycles. The summed E-state index contributed by atoms with van der Waals surface area (Å²) >= 11 is 0. The van der Waals surface area contributed by atoms with Gasteiger partial charge in [0.1, 0.15) is 22.7 Å². The number of hydrogen-bond donors (Lipinski definition) is 2. The third kappa shape index (κ3) is 2.46. The molecule has 0 spiro atoms. The molecule has 4 aliphatic carbocycles. The fourth-order valence-electron chi connectivity index (χ4n) is 7.23. The zero-order valence-corrected chi connectivity index (χ0v) is 20.8. The highest BCUT2D eigenvalue weighted by Crippen LogP contribution is 2.67. The van der Waals surface area contributed by atoms with Gasteiger partial charge >= 0.3 is 0 Å². The van der Waals surface area contributed by atoms with E-state index in [1.54, 1.807) is 14.2 Å². The number of ether oxygens (including phenoxy) is 2. The first-order valence-corrected chi connectivity index (χ1v) is 12.4. The second-order valence-electron chi connectivity index (χ2n) is 10.5. The largest absolute Gasteiger partial charge is 0.496 e. The summed E-state index contributed by atoms with van der Waals surface area (Å²) in [7, 11) is 3.37. The standard InChI is InChI=1S/C32H28O4/c1-31(33)21-15-17-9-5-6-10-18(17)16-22(21)32(2,34)30-26-20-12-8-7-11-19(20)25(29(30)31)27-23(35-3)13-14-24(36-4)28(26)27/h5-16,25-26,33-34H,1-4H3. The molecule has 36 heavy (non-hydrogen) atoms. The molecule has 2 N–H and O–H groups in total. The lowest BCUT2D eigenvalue weighted by Gasteiger charge is -2.54. The van der Waals surface area contributed by atoms with E-state index in [0.717, 1.165) is 66.8 Å². The molecule has 4 nitrogen and oxygen atoms in total. The molecule has 0 saturated heterocycles. The molecule has 0 saturated carbocycles. The van der Waals surface area contributed by atoms with Crippen LogP contribution in [-0.4, -0.2) is 24.4 Å². The first-order valence-electron chi connectivity index (χ1n) is 12.4. The number of fused-ring (bicyclic) bond motifs is 2. The predicted molar refractivity (Wildman–Crippen MR) is 140 cm³/mol. The maximum Gasteiger partial charge on any atom is 0.123 e. The van der Waals surface area contributed by atoms with E-state index in [1.807, 2.05) is 62.4 Å². The highest BCUT2D eigenvalue weighted by Gasteiger charge is 2.58. The van der Waals surface area contributed by atoms with Crippen molar-refractivity contribution < 1.29 is 19.7 Å². The Morgan fingerprint density at radius 2 is 1.00 bits per heavy atom. The molecule has 0 amide bonds. The van der Waals surface area contributed by atoms with E-state index < -0.39 is 11.2 Å². The zero-order chi connectivity index (χ0) is 25.0. The van der Waals surface area contributed by atoms with Gasteiger partial charge in [0.05, 0.1) is 14.2 Å². The van der Waals surface area contributed by atoms with Crippen molar-refractivity contribution in [2.45, 2.75) is 36.9 Å². The molecule has 4 aromatic carbocycles. The molecule has 0 fully saturated rings. The van der Waals surface area contributed by atoms with Gasteiger partial charge in [-0.05, 0) is 82.3 Å². The molecule has 0 aliphatic heterocycles. The first-order chi connectivity index (χ1) is 17.3. The SMILES string of the molecule is COc1ccc(OC)c2c1C1C3=C(C2c2ccccc21)C(C)(O)c1cc2ccccc2cc1C3(C)O. The van der Waals surface area contributed by atoms with Gasteiger partial charge in [-0.15, -0.1) is 0 Å². The van der Waals surface area contributed by atoms with E-state index in [0.29, 0.717) is 0 Å². The molecule has 8 rings (SSSR count). The summed E-state index contributed by atoms with van der Waals surface area (Å²) in [5.41, 5.74) is 4.91. The Hall–Kier alpha value is -3.60. The minimum Gasteiger partial charge on any atom is -0.496 e. The van der Waals surface area contributed by atoms with Crippen LogP contribution >= 0.6 is 0 Å². The van der Waals surface area contributed by atoms with E-state index in [4.69, 9.17) is 9.47 Å². The first kappa shape index (κ1) is 21.7. The summed E-state index contributed by atoms with van der Waals surface area (Å²) in [6, 6.07) is 24.4. The molecule has 0 aromatic heterocycles. The van der Waals surface area contributed by atoms with Crippen molar-refractivity contribution in [1.29, 1.82) is 0 Å². The Morgan fingerprint density at radius 1 is 0.611 bits per heavy atom. The summed E-state index contributed by atoms with van der Waals surface area (Å²) < 4.78 is 11.8. The summed E-state index contributed by atoms with van der Waals surface area (Å²) in [6.45, 7) is 3.75. The average Bonchev–Trinajstić information content (AvgIpc) is 2.90. The number of benzene rings is 4. The Morgan fingerprint density at radius 3 is 1.39 bits per heavy atom. The van der Waals surface area contributed by atoms with E-state index in [2.05, 4.69) is 24.3 Å². The molecule has 2 bridgehead atoms. The molecule has 0 radical (unpaired) electrons. The number of methoxy groups -OCH3 is 2. The fraction of sp³-hybridized carbons (Fsp3) is 0.250. The van der Waals surface area contributed by atoms with Gasteiger partial charge in [-0.3, -0.25) is 0 Å². The minimum absolute atomic E-state index is 0.276. The Balaban J connectivity index is 1.63. The van der Waals surface area contributed by atoms with Crippen LogP contribution in [0.25, 0.3) is 10.8 Å². The highest BCUT2D eigenvalue weighted by atomic mass is 16.5. The third-order valence-corrected chi connectivity index (χ3v) is 8.69. The van der Waals surface area contributed by atoms with Gasteiger partial charge in [0, 0.05) is 23.0 Å². The Kier molecular flexibility index (Phi) is 4.21. The van der Waals surface area contributed by atoms with Crippen LogP contribution in [0.1, 0.15) is 59.1 Å². The van der Waals surface area contributed by atoms with E-state index >= 15 is 0 Å². The van der Waals surface area contributed by atoms with Gasteiger partial charge in [0.15, 0.2) is 0 Å². The molecular formula is C32H28O4. The van der Waals surface area contributed by atoms with Crippen LogP contribution in [0.5, 0.6) is 11.5 Å².